The number of methoxy groups -OCH3 is 1. The quantitative estimate of drug-likeness (QED) is 0.521. The number of amides is 2. The zero-order valence-electron chi connectivity index (χ0n) is 18.7. The maximum absolute atomic E-state index is 12.0. The number of carbonyl (C=O) groups is 1. The number of nitrogens with two attached hydrogens (primary N) is 1. The van der Waals surface area contributed by atoms with Crippen molar-refractivity contribution in [3.63, 3.8) is 0 Å². The van der Waals surface area contributed by atoms with E-state index in [4.69, 9.17) is 10.5 Å². The van der Waals surface area contributed by atoms with Crippen molar-refractivity contribution in [2.45, 2.75) is 19.3 Å². The number of ether oxygens (including phenoxy) is 1. The van der Waals surface area contributed by atoms with E-state index in [0.29, 0.717) is 6.54 Å². The molecule has 1 aromatic carbocycles. The topological polar surface area (TPSA) is 79.3 Å². The average Bonchev–Trinajstić information content (AvgIpc) is 3.29. The Bertz CT molecular complexity index is 1030. The second-order valence-corrected chi connectivity index (χ2v) is 8.14. The molecule has 4 rings (SSSR count). The third kappa shape index (κ3) is 5.13. The first-order valence-corrected chi connectivity index (χ1v) is 11.3. The van der Waals surface area contributed by atoms with Crippen molar-refractivity contribution in [1.82, 2.24) is 14.5 Å². The van der Waals surface area contributed by atoms with Gasteiger partial charge in [-0.25, -0.2) is 9.31 Å². The third-order valence-corrected chi connectivity index (χ3v) is 6.12. The molecule has 0 unspecified atom stereocenters. The number of fused-ring (bicyclic) bond motifs is 1. The van der Waals surface area contributed by atoms with Gasteiger partial charge >= 0.3 is 6.03 Å². The summed E-state index contributed by atoms with van der Waals surface area (Å²) < 4.78 is 7.28. The molecule has 8 heteroatoms. The molecule has 32 heavy (non-hydrogen) atoms. The van der Waals surface area contributed by atoms with E-state index in [1.807, 2.05) is 36.5 Å². The summed E-state index contributed by atoms with van der Waals surface area (Å²) in [6.45, 7) is 5.83. The number of nitrogens with zero attached hydrogens (tertiary/aromatic N) is 5. The van der Waals surface area contributed by atoms with Crippen LogP contribution in [0.5, 0.6) is 5.75 Å². The number of aromatic nitrogens is 2. The summed E-state index contributed by atoms with van der Waals surface area (Å²) in [5, 5.41) is 4.19. The van der Waals surface area contributed by atoms with Crippen LogP contribution in [0.3, 0.4) is 0 Å². The Morgan fingerprint density at radius 1 is 1.09 bits per heavy atom. The highest BCUT2D eigenvalue weighted by atomic mass is 16.5. The molecule has 0 bridgehead atoms. The van der Waals surface area contributed by atoms with E-state index >= 15 is 0 Å². The number of benzene rings is 1. The molecular formula is C24H32N6O2. The molecule has 2 aromatic heterocycles. The Kier molecular flexibility index (Phi) is 7.11. The van der Waals surface area contributed by atoms with Gasteiger partial charge in [0.15, 0.2) is 0 Å². The Labute approximate surface area is 189 Å². The number of anilines is 2. The number of pyridine rings is 1. The number of para-hydroxylation sites is 2. The summed E-state index contributed by atoms with van der Waals surface area (Å²) in [4.78, 5) is 18.6. The molecular weight excluding hydrogens is 404 g/mol. The molecule has 1 fully saturated rings. The SMILES string of the molecule is COc1ccccc1N1CCN(CCCCCN(C(N)=O)c2ccn3nccc3c2)CC1. The summed E-state index contributed by atoms with van der Waals surface area (Å²) in [6, 6.07) is 13.5. The monoisotopic (exact) mass is 436 g/mol. The van der Waals surface area contributed by atoms with Gasteiger partial charge in [-0.1, -0.05) is 18.6 Å². The van der Waals surface area contributed by atoms with Crippen molar-refractivity contribution in [1.29, 1.82) is 0 Å². The number of hydrogen-bond donors (Lipinski definition) is 1. The fourth-order valence-electron chi connectivity index (χ4n) is 4.33. The molecule has 170 valence electrons. The second kappa shape index (κ2) is 10.4. The molecule has 1 aliphatic heterocycles. The minimum absolute atomic E-state index is 0.415. The van der Waals surface area contributed by atoms with Crippen molar-refractivity contribution in [2.24, 2.45) is 5.73 Å². The van der Waals surface area contributed by atoms with Crippen LogP contribution in [0.15, 0.2) is 54.9 Å². The number of carbonyl (C=O) groups excluding carboxylic acids is 1. The Hall–Kier alpha value is -3.26. The summed E-state index contributed by atoms with van der Waals surface area (Å²) in [7, 11) is 1.73. The number of rotatable bonds is 9. The highest BCUT2D eigenvalue weighted by molar-refractivity contribution is 5.91. The van der Waals surface area contributed by atoms with Gasteiger partial charge in [-0.15, -0.1) is 0 Å². The number of unbranched alkanes of at least 4 members (excludes halogenated alkanes) is 2. The van der Waals surface area contributed by atoms with Crippen LogP contribution in [-0.4, -0.2) is 66.9 Å². The Morgan fingerprint density at radius 2 is 1.91 bits per heavy atom. The van der Waals surface area contributed by atoms with E-state index in [0.717, 1.165) is 68.9 Å². The summed E-state index contributed by atoms with van der Waals surface area (Å²) >= 11 is 0. The van der Waals surface area contributed by atoms with Gasteiger partial charge in [-0.05, 0) is 49.7 Å². The lowest BCUT2D eigenvalue weighted by Crippen LogP contribution is -2.46. The first-order chi connectivity index (χ1) is 15.7. The fourth-order valence-corrected chi connectivity index (χ4v) is 4.33. The zero-order chi connectivity index (χ0) is 22.3. The van der Waals surface area contributed by atoms with Gasteiger partial charge < -0.3 is 15.4 Å². The van der Waals surface area contributed by atoms with Gasteiger partial charge in [0.25, 0.3) is 0 Å². The lowest BCUT2D eigenvalue weighted by Gasteiger charge is -2.36. The Balaban J connectivity index is 1.19. The third-order valence-electron chi connectivity index (χ3n) is 6.12. The molecule has 0 aliphatic carbocycles. The summed E-state index contributed by atoms with van der Waals surface area (Å²) in [5.74, 6) is 0.937. The van der Waals surface area contributed by atoms with E-state index in [-0.39, 0.29) is 0 Å². The molecule has 2 N–H and O–H groups in total. The molecule has 3 heterocycles. The molecule has 3 aromatic rings. The van der Waals surface area contributed by atoms with Crippen molar-refractivity contribution in [2.75, 3.05) is 56.2 Å². The zero-order valence-corrected chi connectivity index (χ0v) is 18.7. The fraction of sp³-hybridized carbons (Fsp3) is 0.417. The van der Waals surface area contributed by atoms with Crippen molar-refractivity contribution in [3.8, 4) is 5.75 Å². The first-order valence-electron chi connectivity index (χ1n) is 11.3. The predicted octanol–water partition coefficient (Wildman–Crippen LogP) is 3.22. The molecule has 8 nitrogen and oxygen atoms in total. The predicted molar refractivity (Wildman–Crippen MR) is 128 cm³/mol. The highest BCUT2D eigenvalue weighted by Crippen LogP contribution is 2.28. The lowest BCUT2D eigenvalue weighted by atomic mass is 10.2. The molecule has 1 saturated heterocycles. The minimum Gasteiger partial charge on any atom is -0.495 e. The van der Waals surface area contributed by atoms with Crippen LogP contribution >= 0.6 is 0 Å². The van der Waals surface area contributed by atoms with Crippen LogP contribution in [0.4, 0.5) is 16.2 Å². The van der Waals surface area contributed by atoms with E-state index < -0.39 is 6.03 Å². The van der Waals surface area contributed by atoms with Crippen LogP contribution in [0.2, 0.25) is 0 Å². The number of urea groups is 1. The highest BCUT2D eigenvalue weighted by Gasteiger charge is 2.19. The standard InChI is InChI=1S/C24H32N6O2/c1-32-23-8-4-3-7-22(23)28-17-15-27(16-18-28)12-5-2-6-13-29(24(25)31)20-10-14-30-21(19-20)9-11-26-30/h3-4,7-11,14,19H,2,5-6,12-13,15-18H2,1H3,(H2,25,31). The van der Waals surface area contributed by atoms with Gasteiger partial charge in [0, 0.05) is 50.8 Å². The molecule has 0 radical (unpaired) electrons. The van der Waals surface area contributed by atoms with Crippen molar-refractivity contribution < 1.29 is 9.53 Å². The van der Waals surface area contributed by atoms with Gasteiger partial charge in [0.1, 0.15) is 5.75 Å². The number of hydrogen-bond acceptors (Lipinski definition) is 5. The van der Waals surface area contributed by atoms with E-state index in [2.05, 4.69) is 27.0 Å². The van der Waals surface area contributed by atoms with Crippen LogP contribution in [0.25, 0.3) is 5.52 Å². The maximum atomic E-state index is 12.0. The number of primary amides is 1. The van der Waals surface area contributed by atoms with Gasteiger partial charge in [0.2, 0.25) is 0 Å². The van der Waals surface area contributed by atoms with Crippen LogP contribution in [0.1, 0.15) is 19.3 Å². The Morgan fingerprint density at radius 3 is 2.69 bits per heavy atom. The average molecular weight is 437 g/mol. The van der Waals surface area contributed by atoms with E-state index in [9.17, 15) is 4.79 Å². The summed E-state index contributed by atoms with van der Waals surface area (Å²) in [5.41, 5.74) is 8.58. The minimum atomic E-state index is -0.415. The normalized spacial score (nSPS) is 14.6. The van der Waals surface area contributed by atoms with Gasteiger partial charge in [0.05, 0.1) is 18.3 Å². The van der Waals surface area contributed by atoms with Gasteiger partial charge in [-0.3, -0.25) is 9.80 Å². The molecule has 1 aliphatic rings. The van der Waals surface area contributed by atoms with Crippen molar-refractivity contribution in [3.05, 3.63) is 54.9 Å². The van der Waals surface area contributed by atoms with E-state index in [1.165, 1.54) is 5.69 Å². The van der Waals surface area contributed by atoms with Crippen molar-refractivity contribution >= 4 is 22.9 Å². The smallest absolute Gasteiger partial charge is 0.319 e. The van der Waals surface area contributed by atoms with Crippen LogP contribution < -0.4 is 20.3 Å². The van der Waals surface area contributed by atoms with Gasteiger partial charge in [-0.2, -0.15) is 5.10 Å². The first kappa shape index (κ1) is 22.0. The second-order valence-electron chi connectivity index (χ2n) is 8.14. The van der Waals surface area contributed by atoms with E-state index in [1.54, 1.807) is 22.7 Å². The summed E-state index contributed by atoms with van der Waals surface area (Å²) in [6.07, 6.45) is 6.69. The molecule has 0 atom stereocenters. The number of piperazine rings is 1. The molecule has 0 spiro atoms. The van der Waals surface area contributed by atoms with Crippen LogP contribution in [0, 0.1) is 0 Å². The largest absolute Gasteiger partial charge is 0.495 e. The molecule has 0 saturated carbocycles. The molecule has 2 amide bonds. The maximum Gasteiger partial charge on any atom is 0.319 e. The van der Waals surface area contributed by atoms with Crippen LogP contribution in [-0.2, 0) is 0 Å². The lowest BCUT2D eigenvalue weighted by molar-refractivity contribution is 0.250.